The maximum Gasteiger partial charge on any atom is 0.228 e. The number of hydroxylamine groups is 2. The lowest BCUT2D eigenvalue weighted by atomic mass is 9.92. The molecule has 4 heteroatoms. The van der Waals surface area contributed by atoms with Crippen LogP contribution in [0.25, 0.3) is 0 Å². The minimum atomic E-state index is 0.120. The summed E-state index contributed by atoms with van der Waals surface area (Å²) in [6.45, 7) is 7.64. The van der Waals surface area contributed by atoms with Gasteiger partial charge >= 0.3 is 0 Å². The monoisotopic (exact) mass is 211 g/mol. The highest BCUT2D eigenvalue weighted by molar-refractivity contribution is 5.83. The van der Waals surface area contributed by atoms with Crippen molar-refractivity contribution in [1.29, 1.82) is 0 Å². The number of nitrogens with one attached hydrogen (secondary N) is 1. The van der Waals surface area contributed by atoms with E-state index in [9.17, 15) is 0 Å². The second-order valence-corrected chi connectivity index (χ2v) is 5.49. The van der Waals surface area contributed by atoms with Crippen molar-refractivity contribution in [3.8, 4) is 0 Å². The van der Waals surface area contributed by atoms with E-state index in [2.05, 4.69) is 31.1 Å². The van der Waals surface area contributed by atoms with Crippen LogP contribution in [0.15, 0.2) is 4.99 Å². The summed E-state index contributed by atoms with van der Waals surface area (Å²) >= 11 is 0. The van der Waals surface area contributed by atoms with Gasteiger partial charge in [0.1, 0.15) is 6.17 Å². The molecule has 15 heavy (non-hydrogen) atoms. The molecule has 0 saturated carbocycles. The largest absolute Gasteiger partial charge is 0.387 e. The molecule has 2 aliphatic rings. The lowest BCUT2D eigenvalue weighted by Crippen LogP contribution is -2.37. The lowest BCUT2D eigenvalue weighted by Gasteiger charge is -2.28. The first-order chi connectivity index (χ1) is 6.98. The number of rotatable bonds is 1. The third-order valence-electron chi connectivity index (χ3n) is 2.96. The van der Waals surface area contributed by atoms with E-state index in [0.717, 1.165) is 18.9 Å². The molecule has 0 bridgehead atoms. The zero-order valence-corrected chi connectivity index (χ0v) is 10.1. The van der Waals surface area contributed by atoms with Crippen LogP contribution in [0.1, 0.15) is 33.6 Å². The van der Waals surface area contributed by atoms with Crippen LogP contribution in [0.2, 0.25) is 0 Å². The minimum absolute atomic E-state index is 0.120. The summed E-state index contributed by atoms with van der Waals surface area (Å²) in [5.74, 6) is 0.870. The van der Waals surface area contributed by atoms with Gasteiger partial charge in [0.15, 0.2) is 0 Å². The van der Waals surface area contributed by atoms with Crippen LogP contribution in [-0.4, -0.2) is 36.8 Å². The Morgan fingerprint density at radius 3 is 2.67 bits per heavy atom. The van der Waals surface area contributed by atoms with Crippen molar-refractivity contribution in [2.45, 2.75) is 45.8 Å². The van der Waals surface area contributed by atoms with E-state index < -0.39 is 0 Å². The van der Waals surface area contributed by atoms with Crippen LogP contribution in [0.5, 0.6) is 0 Å². The molecule has 1 saturated heterocycles. The third kappa shape index (κ3) is 2.16. The average molecular weight is 211 g/mol. The molecule has 0 radical (unpaired) electrons. The maximum atomic E-state index is 5.71. The summed E-state index contributed by atoms with van der Waals surface area (Å²) < 4.78 is 0. The van der Waals surface area contributed by atoms with E-state index in [0.29, 0.717) is 6.04 Å². The smallest absolute Gasteiger partial charge is 0.228 e. The Morgan fingerprint density at radius 1 is 1.47 bits per heavy atom. The van der Waals surface area contributed by atoms with Crippen LogP contribution in [0, 0.1) is 5.41 Å². The van der Waals surface area contributed by atoms with Gasteiger partial charge < -0.3 is 10.2 Å². The van der Waals surface area contributed by atoms with Gasteiger partial charge in [0.05, 0.1) is 6.04 Å². The summed E-state index contributed by atoms with van der Waals surface area (Å²) in [4.78, 5) is 10.4. The van der Waals surface area contributed by atoms with Crippen molar-refractivity contribution < 1.29 is 4.84 Å². The highest BCUT2D eigenvalue weighted by Gasteiger charge is 2.38. The van der Waals surface area contributed by atoms with Crippen LogP contribution in [0.3, 0.4) is 0 Å². The van der Waals surface area contributed by atoms with Gasteiger partial charge in [-0.3, -0.25) is 0 Å². The topological polar surface area (TPSA) is 36.9 Å². The lowest BCUT2D eigenvalue weighted by molar-refractivity contribution is -0.0890. The second kappa shape index (κ2) is 3.76. The predicted octanol–water partition coefficient (Wildman–Crippen LogP) is 1.39. The summed E-state index contributed by atoms with van der Waals surface area (Å²) in [6, 6.07) is 0.333. The Hall–Kier alpha value is -0.610. The van der Waals surface area contributed by atoms with E-state index >= 15 is 0 Å². The molecule has 0 amide bonds. The summed E-state index contributed by atoms with van der Waals surface area (Å²) in [5, 5.41) is 5.28. The Labute approximate surface area is 91.6 Å². The quantitative estimate of drug-likeness (QED) is 0.712. The average Bonchev–Trinajstić information content (AvgIpc) is 2.68. The van der Waals surface area contributed by atoms with Crippen molar-refractivity contribution in [2.24, 2.45) is 10.4 Å². The fraction of sp³-hybridized carbons (Fsp3) is 0.909. The van der Waals surface area contributed by atoms with Crippen LogP contribution in [-0.2, 0) is 4.84 Å². The Bertz CT molecular complexity index is 263. The molecule has 2 rings (SSSR count). The molecular formula is C11H21N3O. The van der Waals surface area contributed by atoms with Gasteiger partial charge in [-0.2, -0.15) is 0 Å². The highest BCUT2D eigenvalue weighted by atomic mass is 16.7. The van der Waals surface area contributed by atoms with Crippen LogP contribution < -0.4 is 5.32 Å². The van der Waals surface area contributed by atoms with Gasteiger partial charge in [0.25, 0.3) is 0 Å². The molecule has 4 nitrogen and oxygen atoms in total. The summed E-state index contributed by atoms with van der Waals surface area (Å²) in [6.07, 6.45) is 2.50. The number of nitrogens with zero attached hydrogens (tertiary/aromatic N) is 2. The molecule has 0 aromatic heterocycles. The van der Waals surface area contributed by atoms with E-state index in [4.69, 9.17) is 4.84 Å². The first-order valence-corrected chi connectivity index (χ1v) is 5.70. The van der Waals surface area contributed by atoms with E-state index in [1.54, 1.807) is 0 Å². The van der Waals surface area contributed by atoms with E-state index in [-0.39, 0.29) is 11.6 Å². The number of aliphatic imine (C=N–C) groups is 1. The standard InChI is InChI=1S/C11H21N3O/c1-11(2,3)10-13-9(15-14(10)4)8-6-5-7-12-8/h8,10,12H,5-7H2,1-4H3/t8-,10?/m0/s1. The molecule has 1 unspecified atom stereocenters. The van der Waals surface area contributed by atoms with Crippen molar-refractivity contribution in [3.63, 3.8) is 0 Å². The SMILES string of the molecule is CN1OC([C@@H]2CCCN2)=NC1C(C)(C)C. The van der Waals surface area contributed by atoms with Gasteiger partial charge in [-0.25, -0.2) is 4.99 Å². The molecular weight excluding hydrogens is 190 g/mol. The Morgan fingerprint density at radius 2 is 2.20 bits per heavy atom. The summed E-state index contributed by atoms with van der Waals surface area (Å²) in [5.41, 5.74) is 0.120. The van der Waals surface area contributed by atoms with Crippen molar-refractivity contribution in [1.82, 2.24) is 10.4 Å². The number of hydrogen-bond acceptors (Lipinski definition) is 4. The molecule has 1 fully saturated rings. The van der Waals surface area contributed by atoms with Crippen molar-refractivity contribution >= 4 is 5.90 Å². The van der Waals surface area contributed by atoms with Gasteiger partial charge in [-0.15, -0.1) is 5.06 Å². The zero-order valence-electron chi connectivity index (χ0n) is 10.1. The van der Waals surface area contributed by atoms with Gasteiger partial charge in [0.2, 0.25) is 5.90 Å². The van der Waals surface area contributed by atoms with Crippen LogP contribution in [0.4, 0.5) is 0 Å². The molecule has 86 valence electrons. The minimum Gasteiger partial charge on any atom is -0.387 e. The molecule has 2 atom stereocenters. The molecule has 0 aliphatic carbocycles. The first kappa shape index (κ1) is 10.9. The van der Waals surface area contributed by atoms with E-state index in [1.165, 1.54) is 6.42 Å². The number of hydrogen-bond donors (Lipinski definition) is 1. The molecule has 2 heterocycles. The zero-order chi connectivity index (χ0) is 11.1. The van der Waals surface area contributed by atoms with E-state index in [1.807, 2.05) is 12.1 Å². The second-order valence-electron chi connectivity index (χ2n) is 5.49. The fourth-order valence-corrected chi connectivity index (χ4v) is 2.21. The van der Waals surface area contributed by atoms with Gasteiger partial charge in [-0.1, -0.05) is 20.8 Å². The maximum absolute atomic E-state index is 5.71. The highest BCUT2D eigenvalue weighted by Crippen LogP contribution is 2.29. The van der Waals surface area contributed by atoms with Crippen molar-refractivity contribution in [3.05, 3.63) is 0 Å². The fourth-order valence-electron chi connectivity index (χ4n) is 2.21. The third-order valence-corrected chi connectivity index (χ3v) is 2.96. The normalized spacial score (nSPS) is 32.9. The Kier molecular flexibility index (Phi) is 2.73. The van der Waals surface area contributed by atoms with Gasteiger partial charge in [0, 0.05) is 12.5 Å². The molecule has 0 spiro atoms. The predicted molar refractivity (Wildman–Crippen MR) is 60.6 cm³/mol. The molecule has 1 N–H and O–H groups in total. The van der Waals surface area contributed by atoms with Crippen molar-refractivity contribution in [2.75, 3.05) is 13.6 Å². The Balaban J connectivity index is 2.09. The first-order valence-electron chi connectivity index (χ1n) is 5.70. The molecule has 2 aliphatic heterocycles. The van der Waals surface area contributed by atoms with Gasteiger partial charge in [-0.05, 0) is 19.4 Å². The van der Waals surface area contributed by atoms with Crippen LogP contribution >= 0.6 is 0 Å². The summed E-state index contributed by atoms with van der Waals surface area (Å²) in [7, 11) is 1.96. The molecule has 0 aromatic carbocycles. The molecule has 0 aromatic rings.